The summed E-state index contributed by atoms with van der Waals surface area (Å²) in [5.74, 6) is 5.70. The summed E-state index contributed by atoms with van der Waals surface area (Å²) in [7, 11) is 1.88. The van der Waals surface area contributed by atoms with Gasteiger partial charge >= 0.3 is 0 Å². The van der Waals surface area contributed by atoms with Gasteiger partial charge in [-0.15, -0.1) is 0 Å². The second kappa shape index (κ2) is 5.40. The molecule has 4 nitrogen and oxygen atoms in total. The number of nitrogens with zero attached hydrogens (tertiary/aromatic N) is 2. The van der Waals surface area contributed by atoms with E-state index in [1.807, 2.05) is 32.2 Å². The molecule has 0 aliphatic heterocycles. The van der Waals surface area contributed by atoms with Crippen LogP contribution >= 0.6 is 27.5 Å². The number of rotatable bonds is 3. The molecule has 0 amide bonds. The van der Waals surface area contributed by atoms with Crippen LogP contribution in [0.3, 0.4) is 0 Å². The molecule has 2 aromatic rings. The number of halogens is 2. The molecule has 1 aromatic heterocycles. The van der Waals surface area contributed by atoms with Crippen molar-refractivity contribution in [1.29, 1.82) is 0 Å². The van der Waals surface area contributed by atoms with Crippen LogP contribution in [0.1, 0.15) is 22.9 Å². The average Bonchev–Trinajstić information content (AvgIpc) is 2.64. The van der Waals surface area contributed by atoms with E-state index in [9.17, 15) is 0 Å². The highest BCUT2D eigenvalue weighted by Gasteiger charge is 2.21. The fourth-order valence-electron chi connectivity index (χ4n) is 2.02. The molecule has 0 aliphatic rings. The highest BCUT2D eigenvalue weighted by Crippen LogP contribution is 2.30. The van der Waals surface area contributed by atoms with Gasteiger partial charge in [-0.1, -0.05) is 17.7 Å². The highest BCUT2D eigenvalue weighted by molar-refractivity contribution is 9.10. The van der Waals surface area contributed by atoms with Gasteiger partial charge in [-0.25, -0.2) is 5.43 Å². The number of hydrogen-bond acceptors (Lipinski definition) is 3. The lowest BCUT2D eigenvalue weighted by atomic mass is 9.99. The SMILES string of the molecule is Cc1cc(Cl)ccc1C(NN)c1c(Br)cnn1C. The van der Waals surface area contributed by atoms with Crippen molar-refractivity contribution >= 4 is 27.5 Å². The van der Waals surface area contributed by atoms with Gasteiger partial charge in [0.15, 0.2) is 0 Å². The minimum absolute atomic E-state index is 0.135. The third-order valence-electron chi connectivity index (χ3n) is 2.92. The fourth-order valence-corrected chi connectivity index (χ4v) is 2.83. The topological polar surface area (TPSA) is 55.9 Å². The van der Waals surface area contributed by atoms with Crippen molar-refractivity contribution in [2.24, 2.45) is 12.9 Å². The van der Waals surface area contributed by atoms with Crippen molar-refractivity contribution < 1.29 is 0 Å². The van der Waals surface area contributed by atoms with Crippen LogP contribution < -0.4 is 11.3 Å². The summed E-state index contributed by atoms with van der Waals surface area (Å²) in [5, 5.41) is 4.92. The van der Waals surface area contributed by atoms with E-state index in [0.717, 1.165) is 26.3 Å². The van der Waals surface area contributed by atoms with Crippen LogP contribution in [0.5, 0.6) is 0 Å². The second-order valence-corrected chi connectivity index (χ2v) is 5.39. The first-order valence-corrected chi connectivity index (χ1v) is 6.61. The van der Waals surface area contributed by atoms with Gasteiger partial charge in [0.25, 0.3) is 0 Å². The van der Waals surface area contributed by atoms with Gasteiger partial charge in [0.2, 0.25) is 0 Å². The maximum atomic E-state index is 5.97. The van der Waals surface area contributed by atoms with Crippen molar-refractivity contribution in [2.45, 2.75) is 13.0 Å². The lowest BCUT2D eigenvalue weighted by Gasteiger charge is -2.19. The number of nitrogens with one attached hydrogen (secondary N) is 1. The molecule has 0 aliphatic carbocycles. The van der Waals surface area contributed by atoms with Gasteiger partial charge in [-0.05, 0) is 46.1 Å². The first-order valence-electron chi connectivity index (χ1n) is 5.44. The van der Waals surface area contributed by atoms with E-state index in [1.165, 1.54) is 0 Å². The largest absolute Gasteiger partial charge is 0.271 e. The Hall–Kier alpha value is -0.880. The zero-order valence-electron chi connectivity index (χ0n) is 10.1. The predicted octanol–water partition coefficient (Wildman–Crippen LogP) is 2.70. The van der Waals surface area contributed by atoms with Gasteiger partial charge in [0.05, 0.1) is 22.4 Å². The molecule has 6 heteroatoms. The van der Waals surface area contributed by atoms with Crippen LogP contribution in [0, 0.1) is 6.92 Å². The Morgan fingerprint density at radius 3 is 2.72 bits per heavy atom. The molecule has 1 heterocycles. The molecule has 1 unspecified atom stereocenters. The molecule has 0 spiro atoms. The zero-order chi connectivity index (χ0) is 13.3. The number of hydrogen-bond donors (Lipinski definition) is 2. The summed E-state index contributed by atoms with van der Waals surface area (Å²) in [4.78, 5) is 0. The normalized spacial score (nSPS) is 12.7. The van der Waals surface area contributed by atoms with Crippen LogP contribution in [-0.4, -0.2) is 9.78 Å². The monoisotopic (exact) mass is 328 g/mol. The number of hydrazine groups is 1. The fraction of sp³-hybridized carbons (Fsp3) is 0.250. The highest BCUT2D eigenvalue weighted by atomic mass is 79.9. The van der Waals surface area contributed by atoms with Crippen LogP contribution in [0.25, 0.3) is 0 Å². The average molecular weight is 330 g/mol. The summed E-state index contributed by atoms with van der Waals surface area (Å²) in [6.07, 6.45) is 1.75. The molecule has 3 N–H and O–H groups in total. The molecule has 0 saturated heterocycles. The number of aryl methyl sites for hydroxylation is 2. The van der Waals surface area contributed by atoms with Gasteiger partial charge in [-0.2, -0.15) is 5.10 Å². The van der Waals surface area contributed by atoms with E-state index < -0.39 is 0 Å². The number of benzene rings is 1. The second-order valence-electron chi connectivity index (χ2n) is 4.10. The third kappa shape index (κ3) is 2.44. The minimum Gasteiger partial charge on any atom is -0.271 e. The zero-order valence-corrected chi connectivity index (χ0v) is 12.5. The van der Waals surface area contributed by atoms with E-state index in [-0.39, 0.29) is 6.04 Å². The lowest BCUT2D eigenvalue weighted by molar-refractivity contribution is 0.571. The Morgan fingerprint density at radius 1 is 1.50 bits per heavy atom. The Bertz CT molecular complexity index is 548. The lowest BCUT2D eigenvalue weighted by Crippen LogP contribution is -2.31. The molecule has 1 atom stereocenters. The van der Waals surface area contributed by atoms with Crippen molar-refractivity contribution in [3.8, 4) is 0 Å². The summed E-state index contributed by atoms with van der Waals surface area (Å²) in [6.45, 7) is 2.01. The Morgan fingerprint density at radius 2 is 2.22 bits per heavy atom. The van der Waals surface area contributed by atoms with E-state index in [4.69, 9.17) is 17.4 Å². The molecule has 0 saturated carbocycles. The van der Waals surface area contributed by atoms with Crippen LogP contribution in [0.15, 0.2) is 28.9 Å². The smallest absolute Gasteiger partial charge is 0.0892 e. The predicted molar refractivity (Wildman–Crippen MR) is 76.3 cm³/mol. The first kappa shape index (κ1) is 13.5. The quantitative estimate of drug-likeness (QED) is 0.672. The first-order chi connectivity index (χ1) is 8.54. The maximum absolute atomic E-state index is 5.97. The maximum Gasteiger partial charge on any atom is 0.0892 e. The third-order valence-corrected chi connectivity index (χ3v) is 3.77. The molecule has 0 bridgehead atoms. The van der Waals surface area contributed by atoms with Crippen molar-refractivity contribution in [3.05, 3.63) is 50.7 Å². The summed E-state index contributed by atoms with van der Waals surface area (Å²) in [6, 6.07) is 5.62. The van der Waals surface area contributed by atoms with Crippen molar-refractivity contribution in [1.82, 2.24) is 15.2 Å². The molecule has 96 valence electrons. The number of nitrogens with two attached hydrogens (primary N) is 1. The van der Waals surface area contributed by atoms with Crippen molar-refractivity contribution in [2.75, 3.05) is 0 Å². The van der Waals surface area contributed by atoms with Gasteiger partial charge < -0.3 is 0 Å². The molecule has 0 fully saturated rings. The van der Waals surface area contributed by atoms with Crippen LogP contribution in [-0.2, 0) is 7.05 Å². The van der Waals surface area contributed by atoms with Gasteiger partial charge in [0, 0.05) is 12.1 Å². The van der Waals surface area contributed by atoms with E-state index >= 15 is 0 Å². The molecule has 0 radical (unpaired) electrons. The molecule has 1 aromatic carbocycles. The summed E-state index contributed by atoms with van der Waals surface area (Å²) in [5.41, 5.74) is 5.96. The Labute approximate surface area is 119 Å². The van der Waals surface area contributed by atoms with E-state index in [0.29, 0.717) is 0 Å². The van der Waals surface area contributed by atoms with E-state index in [1.54, 1.807) is 10.9 Å². The van der Waals surface area contributed by atoms with Gasteiger partial charge in [-0.3, -0.25) is 10.5 Å². The summed E-state index contributed by atoms with van der Waals surface area (Å²) < 4.78 is 2.71. The molecular formula is C12H14BrClN4. The van der Waals surface area contributed by atoms with Crippen molar-refractivity contribution in [3.63, 3.8) is 0 Å². The molecule has 2 rings (SSSR count). The number of aromatic nitrogens is 2. The Kier molecular flexibility index (Phi) is 4.07. The molecule has 18 heavy (non-hydrogen) atoms. The summed E-state index contributed by atoms with van der Waals surface area (Å²) >= 11 is 9.46. The Balaban J connectivity index is 2.52. The van der Waals surface area contributed by atoms with Crippen LogP contribution in [0.2, 0.25) is 5.02 Å². The molecular weight excluding hydrogens is 316 g/mol. The minimum atomic E-state index is -0.135. The standard InChI is InChI=1S/C12H14BrClN4/c1-7-5-8(14)3-4-9(7)11(17-15)12-10(13)6-16-18(12)2/h3-6,11,17H,15H2,1-2H3. The van der Waals surface area contributed by atoms with Gasteiger partial charge in [0.1, 0.15) is 0 Å². The van der Waals surface area contributed by atoms with Crippen LogP contribution in [0.4, 0.5) is 0 Å². The van der Waals surface area contributed by atoms with E-state index in [2.05, 4.69) is 26.5 Å².